The average Bonchev–Trinajstić information content (AvgIpc) is 2.46. The molecule has 1 aliphatic rings. The Morgan fingerprint density at radius 1 is 1.31 bits per heavy atom. The van der Waals surface area contributed by atoms with Gasteiger partial charge in [-0.3, -0.25) is 0 Å². The van der Waals surface area contributed by atoms with Crippen LogP contribution in [0.1, 0.15) is 5.56 Å². The van der Waals surface area contributed by atoms with Crippen molar-refractivity contribution in [3.63, 3.8) is 0 Å². The van der Waals surface area contributed by atoms with Gasteiger partial charge in [0.2, 0.25) is 0 Å². The fraction of sp³-hybridized carbons (Fsp3) is 0.111. The first-order valence-corrected chi connectivity index (χ1v) is 11.5. The van der Waals surface area contributed by atoms with Crippen molar-refractivity contribution in [2.45, 2.75) is 16.7 Å². The quantitative estimate of drug-likeness (QED) is 0.718. The van der Waals surface area contributed by atoms with E-state index in [1.54, 1.807) is 5.54 Å². The summed E-state index contributed by atoms with van der Waals surface area (Å²) in [6.45, 7) is 2.14. The molecule has 68 valence electrons. The first-order valence-electron chi connectivity index (χ1n) is 3.82. The van der Waals surface area contributed by atoms with Gasteiger partial charge < -0.3 is 0 Å². The average molecular weight is 291 g/mol. The topological polar surface area (TPSA) is 0 Å². The van der Waals surface area contributed by atoms with Gasteiger partial charge in [0.05, 0.1) is 0 Å². The molecule has 2 rings (SSSR count). The molecule has 0 bridgehead atoms. The zero-order valence-electron chi connectivity index (χ0n) is 7.03. The van der Waals surface area contributed by atoms with Gasteiger partial charge in [-0.2, -0.15) is 0 Å². The van der Waals surface area contributed by atoms with Gasteiger partial charge in [0, 0.05) is 0 Å². The Morgan fingerprint density at radius 3 is 2.85 bits per heavy atom. The van der Waals surface area contributed by atoms with Crippen molar-refractivity contribution in [1.29, 1.82) is 0 Å². The molecule has 0 saturated heterocycles. The third-order valence-corrected chi connectivity index (χ3v) is 12.9. The Morgan fingerprint density at radius 2 is 2.08 bits per heavy atom. The van der Waals surface area contributed by atoms with Crippen LogP contribution in [0, 0.1) is 6.92 Å². The second-order valence-corrected chi connectivity index (χ2v) is 13.6. The van der Waals surface area contributed by atoms with E-state index in [0.717, 1.165) is 0 Å². The van der Waals surface area contributed by atoms with Crippen molar-refractivity contribution in [1.82, 2.24) is 0 Å². The van der Waals surface area contributed by atoms with E-state index in [2.05, 4.69) is 30.0 Å². The van der Waals surface area contributed by atoms with Gasteiger partial charge in [0.15, 0.2) is 0 Å². The van der Waals surface area contributed by atoms with E-state index in [4.69, 9.17) is 11.6 Å². The van der Waals surface area contributed by atoms with Crippen LogP contribution in [0.3, 0.4) is 0 Å². The number of benzene rings is 1. The van der Waals surface area contributed by atoms with Crippen molar-refractivity contribution in [3.8, 4) is 0 Å². The number of halogens is 1. The predicted octanol–water partition coefficient (Wildman–Crippen LogP) is 3.97. The molecule has 0 saturated carbocycles. The summed E-state index contributed by atoms with van der Waals surface area (Å²) in [7, 11) is 4.02. The summed E-state index contributed by atoms with van der Waals surface area (Å²) in [4.78, 5) is 5.05. The normalized spacial score (nSPS) is 20.9. The zero-order valence-corrected chi connectivity index (χ0v) is 11.3. The van der Waals surface area contributed by atoms with E-state index in [1.165, 1.54) is 15.4 Å². The molecule has 0 N–H and O–H groups in total. The molecule has 0 aliphatic carbocycles. The van der Waals surface area contributed by atoms with E-state index in [0.29, 0.717) is 0 Å². The summed E-state index contributed by atoms with van der Waals surface area (Å²) in [5.74, 6) is 0. The molecule has 0 radical (unpaired) electrons. The SMILES string of the molecule is Cc1ccc2c(c1)S[As](C=CCl)S2. The standard InChI is InChI=1S/C9H8AsClS2/c1-7-2-3-8-9(6-7)13-10(12-8)4-5-11/h2-6H,1H3. The zero-order chi connectivity index (χ0) is 9.26. The molecule has 4 heteroatoms. The van der Waals surface area contributed by atoms with Crippen molar-refractivity contribution in [3.05, 3.63) is 34.2 Å². The van der Waals surface area contributed by atoms with E-state index in [9.17, 15) is 0 Å². The Hall–Kier alpha value is 0.508. The van der Waals surface area contributed by atoms with Crippen LogP contribution in [0.25, 0.3) is 0 Å². The first kappa shape index (κ1) is 10.0. The molecular weight excluding hydrogens is 283 g/mol. The molecular formula is C9H8AsClS2. The Balaban J connectivity index is 2.25. The number of rotatable bonds is 1. The molecule has 13 heavy (non-hydrogen) atoms. The minimum absolute atomic E-state index is 0.934. The van der Waals surface area contributed by atoms with Gasteiger partial charge >= 0.3 is 94.9 Å². The fourth-order valence-electron chi connectivity index (χ4n) is 1.08. The second-order valence-electron chi connectivity index (χ2n) is 2.69. The number of hydrogen-bond acceptors (Lipinski definition) is 2. The molecule has 1 aliphatic heterocycles. The summed E-state index contributed by atoms with van der Waals surface area (Å²) in [5, 5.41) is 0. The van der Waals surface area contributed by atoms with E-state index in [1.807, 2.05) is 20.0 Å². The van der Waals surface area contributed by atoms with Crippen LogP contribution >= 0.6 is 31.6 Å². The van der Waals surface area contributed by atoms with Gasteiger partial charge in [-0.05, 0) is 0 Å². The maximum atomic E-state index is 5.58. The van der Waals surface area contributed by atoms with E-state index >= 15 is 0 Å². The molecule has 1 aromatic carbocycles. The third kappa shape index (κ3) is 2.30. The van der Waals surface area contributed by atoms with E-state index < -0.39 is 12.3 Å². The Kier molecular flexibility index (Phi) is 3.36. The third-order valence-electron chi connectivity index (χ3n) is 1.65. The van der Waals surface area contributed by atoms with Gasteiger partial charge in [-0.25, -0.2) is 0 Å². The molecule has 0 nitrogen and oxygen atoms in total. The van der Waals surface area contributed by atoms with Gasteiger partial charge in [0.25, 0.3) is 0 Å². The molecule has 0 amide bonds. The summed E-state index contributed by atoms with van der Waals surface area (Å²) in [5.41, 5.74) is 3.01. The Bertz CT molecular complexity index is 351. The van der Waals surface area contributed by atoms with Crippen molar-refractivity contribution >= 4 is 44.0 Å². The maximum absolute atomic E-state index is 5.58. The number of aryl methyl sites for hydroxylation is 1. The molecule has 1 atom stereocenters. The summed E-state index contributed by atoms with van der Waals surface area (Å²) in [6, 6.07) is 6.66. The van der Waals surface area contributed by atoms with Crippen molar-refractivity contribution in [2.75, 3.05) is 0 Å². The minimum atomic E-state index is -0.934. The van der Waals surface area contributed by atoms with Crippen LogP contribution in [-0.4, -0.2) is 12.3 Å². The Labute approximate surface area is 94.4 Å². The van der Waals surface area contributed by atoms with Crippen LogP contribution in [0.15, 0.2) is 38.4 Å². The first-order chi connectivity index (χ1) is 6.29. The number of fused-ring (bicyclic) bond motifs is 1. The van der Waals surface area contributed by atoms with Gasteiger partial charge in [-0.1, -0.05) is 0 Å². The van der Waals surface area contributed by atoms with Crippen LogP contribution in [0.2, 0.25) is 0 Å². The molecule has 0 aromatic heterocycles. The molecule has 1 heterocycles. The monoisotopic (exact) mass is 290 g/mol. The summed E-state index contributed by atoms with van der Waals surface area (Å²) in [6.07, 6.45) is 0. The number of hydrogen-bond donors (Lipinski definition) is 0. The second kappa shape index (κ2) is 4.35. The summed E-state index contributed by atoms with van der Waals surface area (Å²) < 4.78 is 0. The molecule has 1 unspecified atom stereocenters. The van der Waals surface area contributed by atoms with Crippen molar-refractivity contribution in [2.24, 2.45) is 0 Å². The van der Waals surface area contributed by atoms with Gasteiger partial charge in [-0.15, -0.1) is 0 Å². The van der Waals surface area contributed by atoms with Crippen LogP contribution in [0.5, 0.6) is 0 Å². The molecule has 1 aromatic rings. The van der Waals surface area contributed by atoms with Crippen LogP contribution < -0.4 is 0 Å². The van der Waals surface area contributed by atoms with Gasteiger partial charge in [0.1, 0.15) is 0 Å². The van der Waals surface area contributed by atoms with Crippen molar-refractivity contribution < 1.29 is 0 Å². The van der Waals surface area contributed by atoms with Crippen LogP contribution in [-0.2, 0) is 0 Å². The molecule has 0 fully saturated rings. The van der Waals surface area contributed by atoms with Crippen LogP contribution in [0.4, 0.5) is 0 Å². The predicted molar refractivity (Wildman–Crippen MR) is 63.6 cm³/mol. The fourth-order valence-corrected chi connectivity index (χ4v) is 13.9. The summed E-state index contributed by atoms with van der Waals surface area (Å²) >= 11 is 4.65. The molecule has 0 spiro atoms. The van der Waals surface area contributed by atoms with E-state index in [-0.39, 0.29) is 0 Å².